The fourth-order valence-electron chi connectivity index (χ4n) is 3.39. The molecule has 0 saturated heterocycles. The molecule has 0 radical (unpaired) electrons. The number of benzene rings is 2. The van der Waals surface area contributed by atoms with E-state index >= 15 is 0 Å². The molecule has 136 valence electrons. The Balaban J connectivity index is 2.01. The highest BCUT2D eigenvalue weighted by Gasteiger charge is 2.25. The average Bonchev–Trinajstić information content (AvgIpc) is 2.70. The standard InChI is InChI=1S/C21H16ClNO4/c1-26-21(25)27-18-12-17(13-5-3-2-4-6-13)20(24)23-10-9-14-7-8-15(22)11-16(14)19(18)23/h2-8,11-12H,9-10H2,1H3. The Morgan fingerprint density at radius 1 is 1.07 bits per heavy atom. The lowest BCUT2D eigenvalue weighted by atomic mass is 9.95. The van der Waals surface area contributed by atoms with Gasteiger partial charge in [-0.1, -0.05) is 48.0 Å². The second kappa shape index (κ2) is 6.93. The van der Waals surface area contributed by atoms with Crippen LogP contribution in [0.5, 0.6) is 5.75 Å². The smallest absolute Gasteiger partial charge is 0.437 e. The molecule has 5 nitrogen and oxygen atoms in total. The minimum atomic E-state index is -0.843. The van der Waals surface area contributed by atoms with Gasteiger partial charge in [-0.2, -0.15) is 0 Å². The number of halogens is 1. The molecule has 1 aliphatic heterocycles. The SMILES string of the molecule is COC(=O)Oc1cc(-c2ccccc2)c(=O)n2c1-c1cc(Cl)ccc1CC2. The number of ether oxygens (including phenoxy) is 2. The van der Waals surface area contributed by atoms with Crippen LogP contribution in [0.4, 0.5) is 4.79 Å². The van der Waals surface area contributed by atoms with Gasteiger partial charge in [-0.3, -0.25) is 4.79 Å². The quantitative estimate of drug-likeness (QED) is 0.611. The second-order valence-electron chi connectivity index (χ2n) is 6.20. The summed E-state index contributed by atoms with van der Waals surface area (Å²) in [5.41, 5.74) is 3.44. The highest BCUT2D eigenvalue weighted by molar-refractivity contribution is 6.30. The van der Waals surface area contributed by atoms with Crippen LogP contribution in [0, 0.1) is 0 Å². The normalized spacial score (nSPS) is 12.1. The number of carbonyl (C=O) groups is 1. The van der Waals surface area contributed by atoms with Gasteiger partial charge in [0.05, 0.1) is 18.4 Å². The van der Waals surface area contributed by atoms with Crippen molar-refractivity contribution in [2.45, 2.75) is 13.0 Å². The molecule has 0 saturated carbocycles. The number of aryl methyl sites for hydroxylation is 1. The number of hydrogen-bond acceptors (Lipinski definition) is 4. The van der Waals surface area contributed by atoms with E-state index in [1.807, 2.05) is 42.5 Å². The van der Waals surface area contributed by atoms with E-state index in [4.69, 9.17) is 16.3 Å². The molecule has 4 rings (SSSR count). The fourth-order valence-corrected chi connectivity index (χ4v) is 3.56. The minimum absolute atomic E-state index is 0.140. The first kappa shape index (κ1) is 17.4. The number of nitrogens with zero attached hydrogens (tertiary/aromatic N) is 1. The third-order valence-electron chi connectivity index (χ3n) is 4.63. The molecule has 2 aromatic carbocycles. The van der Waals surface area contributed by atoms with Crippen molar-refractivity contribution in [2.24, 2.45) is 0 Å². The molecule has 6 heteroatoms. The zero-order valence-corrected chi connectivity index (χ0v) is 15.3. The first-order valence-corrected chi connectivity index (χ1v) is 8.84. The summed E-state index contributed by atoms with van der Waals surface area (Å²) in [6.45, 7) is 0.487. The molecule has 0 bridgehead atoms. The second-order valence-corrected chi connectivity index (χ2v) is 6.64. The van der Waals surface area contributed by atoms with E-state index in [0.717, 1.165) is 16.7 Å². The summed E-state index contributed by atoms with van der Waals surface area (Å²) in [6, 6.07) is 16.4. The lowest BCUT2D eigenvalue weighted by Crippen LogP contribution is -2.28. The highest BCUT2D eigenvalue weighted by atomic mass is 35.5. The average molecular weight is 382 g/mol. The van der Waals surface area contributed by atoms with E-state index < -0.39 is 6.16 Å². The number of carbonyl (C=O) groups excluding carboxylic acids is 1. The van der Waals surface area contributed by atoms with Gasteiger partial charge >= 0.3 is 6.16 Å². The number of fused-ring (bicyclic) bond motifs is 3. The molecule has 3 aromatic rings. The van der Waals surface area contributed by atoms with E-state index in [9.17, 15) is 9.59 Å². The van der Waals surface area contributed by atoms with Crippen LogP contribution in [0.15, 0.2) is 59.4 Å². The predicted molar refractivity (Wildman–Crippen MR) is 103 cm³/mol. The summed E-state index contributed by atoms with van der Waals surface area (Å²) >= 11 is 6.18. The van der Waals surface area contributed by atoms with Crippen molar-refractivity contribution < 1.29 is 14.3 Å². The zero-order valence-electron chi connectivity index (χ0n) is 14.6. The first-order valence-electron chi connectivity index (χ1n) is 8.46. The first-order chi connectivity index (χ1) is 13.1. The Hall–Kier alpha value is -3.05. The largest absolute Gasteiger partial charge is 0.513 e. The number of rotatable bonds is 2. The topological polar surface area (TPSA) is 57.5 Å². The van der Waals surface area contributed by atoms with Crippen molar-refractivity contribution in [1.82, 2.24) is 4.57 Å². The van der Waals surface area contributed by atoms with Gasteiger partial charge in [-0.05, 0) is 35.7 Å². The monoisotopic (exact) mass is 381 g/mol. The minimum Gasteiger partial charge on any atom is -0.437 e. The van der Waals surface area contributed by atoms with Crippen molar-refractivity contribution in [3.63, 3.8) is 0 Å². The fraction of sp³-hybridized carbons (Fsp3) is 0.143. The number of pyridine rings is 1. The highest BCUT2D eigenvalue weighted by Crippen LogP contribution is 2.38. The lowest BCUT2D eigenvalue weighted by molar-refractivity contribution is 0.121. The van der Waals surface area contributed by atoms with Crippen LogP contribution in [-0.2, 0) is 17.7 Å². The van der Waals surface area contributed by atoms with E-state index in [1.165, 1.54) is 7.11 Å². The summed E-state index contributed by atoms with van der Waals surface area (Å²) in [7, 11) is 1.24. The molecule has 0 amide bonds. The van der Waals surface area contributed by atoms with Crippen LogP contribution in [0.2, 0.25) is 5.02 Å². The van der Waals surface area contributed by atoms with Crippen molar-refractivity contribution in [3.05, 3.63) is 75.5 Å². The van der Waals surface area contributed by atoms with Crippen LogP contribution < -0.4 is 10.3 Å². The summed E-state index contributed by atoms with van der Waals surface area (Å²) < 4.78 is 11.7. The third-order valence-corrected chi connectivity index (χ3v) is 4.87. The van der Waals surface area contributed by atoms with E-state index in [-0.39, 0.29) is 11.3 Å². The Morgan fingerprint density at radius 2 is 1.85 bits per heavy atom. The summed E-state index contributed by atoms with van der Waals surface area (Å²) in [5.74, 6) is 0.267. The van der Waals surface area contributed by atoms with E-state index in [0.29, 0.717) is 29.2 Å². The molecule has 0 fully saturated rings. The maximum Gasteiger partial charge on any atom is 0.513 e. The van der Waals surface area contributed by atoms with E-state index in [1.54, 1.807) is 16.7 Å². The van der Waals surface area contributed by atoms with Gasteiger partial charge in [0.15, 0.2) is 5.75 Å². The zero-order chi connectivity index (χ0) is 19.0. The van der Waals surface area contributed by atoms with Gasteiger partial charge in [0.25, 0.3) is 5.56 Å². The summed E-state index contributed by atoms with van der Waals surface area (Å²) in [6.07, 6.45) is -0.153. The van der Waals surface area contributed by atoms with E-state index in [2.05, 4.69) is 4.74 Å². The number of aromatic nitrogens is 1. The maximum absolute atomic E-state index is 13.2. The number of methoxy groups -OCH3 is 1. The summed E-state index contributed by atoms with van der Waals surface area (Å²) in [5, 5.41) is 0.547. The molecule has 0 N–H and O–H groups in total. The number of hydrogen-bond donors (Lipinski definition) is 0. The Morgan fingerprint density at radius 3 is 2.59 bits per heavy atom. The van der Waals surface area contributed by atoms with Gasteiger partial charge in [0.1, 0.15) is 0 Å². The molecule has 2 heterocycles. The Kier molecular flexibility index (Phi) is 4.46. The Labute approximate surface area is 160 Å². The molecular formula is C21H16ClNO4. The lowest BCUT2D eigenvalue weighted by Gasteiger charge is -2.25. The van der Waals surface area contributed by atoms with Crippen molar-refractivity contribution in [1.29, 1.82) is 0 Å². The van der Waals surface area contributed by atoms with Crippen LogP contribution in [0.1, 0.15) is 5.56 Å². The maximum atomic E-state index is 13.2. The molecule has 27 heavy (non-hydrogen) atoms. The van der Waals surface area contributed by atoms with Gasteiger partial charge in [0, 0.05) is 17.1 Å². The molecule has 1 aromatic heterocycles. The van der Waals surface area contributed by atoms with Gasteiger partial charge in [-0.15, -0.1) is 0 Å². The van der Waals surface area contributed by atoms with Crippen LogP contribution >= 0.6 is 11.6 Å². The van der Waals surface area contributed by atoms with Crippen LogP contribution in [-0.4, -0.2) is 17.8 Å². The molecule has 0 aliphatic carbocycles. The molecule has 0 atom stereocenters. The van der Waals surface area contributed by atoms with Crippen LogP contribution in [0.25, 0.3) is 22.4 Å². The van der Waals surface area contributed by atoms with Crippen LogP contribution in [0.3, 0.4) is 0 Å². The third kappa shape index (κ3) is 3.11. The summed E-state index contributed by atoms with van der Waals surface area (Å²) in [4.78, 5) is 25.0. The van der Waals surface area contributed by atoms with Crippen molar-refractivity contribution >= 4 is 17.8 Å². The Bertz CT molecular complexity index is 1090. The molecule has 0 spiro atoms. The van der Waals surface area contributed by atoms with Crippen molar-refractivity contribution in [3.8, 4) is 28.1 Å². The molecule has 1 aliphatic rings. The van der Waals surface area contributed by atoms with Gasteiger partial charge in [0.2, 0.25) is 0 Å². The molecule has 0 unspecified atom stereocenters. The predicted octanol–water partition coefficient (Wildman–Crippen LogP) is 4.54. The van der Waals surface area contributed by atoms with Crippen molar-refractivity contribution in [2.75, 3.05) is 7.11 Å². The van der Waals surface area contributed by atoms with Gasteiger partial charge < -0.3 is 14.0 Å². The molecular weight excluding hydrogens is 366 g/mol. The van der Waals surface area contributed by atoms with Gasteiger partial charge in [-0.25, -0.2) is 4.79 Å².